The fourth-order valence-corrected chi connectivity index (χ4v) is 3.45. The molecule has 1 aromatic carbocycles. The first-order valence-corrected chi connectivity index (χ1v) is 8.54. The molecule has 0 bridgehead atoms. The molecule has 0 saturated carbocycles. The van der Waals surface area contributed by atoms with E-state index in [2.05, 4.69) is 10.3 Å². The second kappa shape index (κ2) is 7.02. The number of rotatable bonds is 5. The molecule has 1 aliphatic heterocycles. The number of amides is 3. The van der Waals surface area contributed by atoms with Gasteiger partial charge in [0.2, 0.25) is 0 Å². The molecule has 1 N–H and O–H groups in total. The van der Waals surface area contributed by atoms with Crippen LogP contribution in [0.4, 0.5) is 4.79 Å². The van der Waals surface area contributed by atoms with Crippen molar-refractivity contribution >= 4 is 29.2 Å². The average Bonchev–Trinajstić information content (AvgIpc) is 3.10. The van der Waals surface area contributed by atoms with E-state index in [1.165, 1.54) is 11.3 Å². The molecule has 3 rings (SSSR count). The highest BCUT2D eigenvalue weighted by Crippen LogP contribution is 2.21. The lowest BCUT2D eigenvalue weighted by atomic mass is 10.1. The summed E-state index contributed by atoms with van der Waals surface area (Å²) in [5, 5.41) is 3.70. The highest BCUT2D eigenvalue weighted by Gasteiger charge is 2.34. The zero-order valence-corrected chi connectivity index (χ0v) is 14.6. The third-order valence-electron chi connectivity index (χ3n) is 3.82. The largest absolute Gasteiger partial charge is 0.439 e. The maximum atomic E-state index is 12.6. The fraction of sp³-hybridized carbons (Fsp3) is 0.294. The summed E-state index contributed by atoms with van der Waals surface area (Å²) in [6, 6.07) is 8.66. The van der Waals surface area contributed by atoms with Gasteiger partial charge >= 0.3 is 6.09 Å². The van der Waals surface area contributed by atoms with Crippen molar-refractivity contribution in [3.8, 4) is 0 Å². The molecule has 1 unspecified atom stereocenters. The van der Waals surface area contributed by atoms with Gasteiger partial charge in [0.15, 0.2) is 6.61 Å². The van der Waals surface area contributed by atoms with E-state index in [9.17, 15) is 14.4 Å². The van der Waals surface area contributed by atoms with Gasteiger partial charge in [-0.3, -0.25) is 9.59 Å². The molecule has 0 aliphatic carbocycles. The van der Waals surface area contributed by atoms with Crippen LogP contribution in [-0.2, 0) is 9.53 Å². The SMILES string of the molecule is Cc1nc(C)c(C(=O)NC(CN2C(=O)COC2=O)c2ccccc2)s1. The molecule has 2 aromatic rings. The quantitative estimate of drug-likeness (QED) is 0.884. The first-order valence-electron chi connectivity index (χ1n) is 7.72. The summed E-state index contributed by atoms with van der Waals surface area (Å²) < 4.78 is 4.74. The van der Waals surface area contributed by atoms with Crippen LogP contribution in [0.5, 0.6) is 0 Å². The van der Waals surface area contributed by atoms with Crippen molar-refractivity contribution in [3.05, 3.63) is 51.5 Å². The van der Waals surface area contributed by atoms with E-state index in [1.807, 2.05) is 37.3 Å². The second-order valence-corrected chi connectivity index (χ2v) is 6.85. The zero-order chi connectivity index (χ0) is 18.0. The minimum atomic E-state index is -0.690. The summed E-state index contributed by atoms with van der Waals surface area (Å²) in [5.74, 6) is -0.693. The fourth-order valence-electron chi connectivity index (χ4n) is 2.63. The predicted octanol–water partition coefficient (Wildman–Crippen LogP) is 2.21. The Bertz CT molecular complexity index is 803. The number of benzene rings is 1. The van der Waals surface area contributed by atoms with Gasteiger partial charge in [0, 0.05) is 0 Å². The molecule has 2 heterocycles. The number of cyclic esters (lactones) is 1. The van der Waals surface area contributed by atoms with Crippen LogP contribution < -0.4 is 5.32 Å². The molecular formula is C17H17N3O4S. The highest BCUT2D eigenvalue weighted by molar-refractivity contribution is 7.13. The van der Waals surface area contributed by atoms with Gasteiger partial charge in [-0.25, -0.2) is 14.7 Å². The number of aromatic nitrogens is 1. The molecule has 25 heavy (non-hydrogen) atoms. The maximum absolute atomic E-state index is 12.6. The highest BCUT2D eigenvalue weighted by atomic mass is 32.1. The molecule has 1 fully saturated rings. The van der Waals surface area contributed by atoms with Gasteiger partial charge in [-0.05, 0) is 19.4 Å². The Morgan fingerprint density at radius 3 is 2.60 bits per heavy atom. The first kappa shape index (κ1) is 17.1. The number of hydrogen-bond acceptors (Lipinski definition) is 6. The maximum Gasteiger partial charge on any atom is 0.417 e. The van der Waals surface area contributed by atoms with Crippen LogP contribution in [0.2, 0.25) is 0 Å². The molecule has 1 aliphatic rings. The van der Waals surface area contributed by atoms with E-state index in [-0.39, 0.29) is 19.1 Å². The van der Waals surface area contributed by atoms with Gasteiger partial charge in [-0.1, -0.05) is 30.3 Å². The number of imide groups is 1. The van der Waals surface area contributed by atoms with Crippen molar-refractivity contribution < 1.29 is 19.1 Å². The molecule has 0 spiro atoms. The first-order chi connectivity index (χ1) is 12.0. The average molecular weight is 359 g/mol. The van der Waals surface area contributed by atoms with Gasteiger partial charge < -0.3 is 10.1 Å². The van der Waals surface area contributed by atoms with Gasteiger partial charge in [-0.15, -0.1) is 11.3 Å². The lowest BCUT2D eigenvalue weighted by molar-refractivity contribution is -0.126. The normalized spacial score (nSPS) is 15.2. The van der Waals surface area contributed by atoms with Crippen molar-refractivity contribution in [2.45, 2.75) is 19.9 Å². The summed E-state index contributed by atoms with van der Waals surface area (Å²) in [6.45, 7) is 3.37. The molecule has 1 saturated heterocycles. The minimum absolute atomic E-state index is 0.0181. The smallest absolute Gasteiger partial charge is 0.417 e. The van der Waals surface area contributed by atoms with Crippen LogP contribution in [0.15, 0.2) is 30.3 Å². The standard InChI is InChI=1S/C17H17N3O4S/c1-10-15(25-11(2)18-10)16(22)19-13(12-6-4-3-5-7-12)8-20-14(21)9-24-17(20)23/h3-7,13H,8-9H2,1-2H3,(H,19,22). The molecule has 0 radical (unpaired) electrons. The molecule has 8 heteroatoms. The van der Waals surface area contributed by atoms with E-state index in [0.29, 0.717) is 10.6 Å². The summed E-state index contributed by atoms with van der Waals surface area (Å²) in [7, 11) is 0. The number of nitrogens with one attached hydrogen (secondary N) is 1. The Morgan fingerprint density at radius 1 is 1.32 bits per heavy atom. The molecule has 3 amide bonds. The van der Waals surface area contributed by atoms with Crippen LogP contribution in [-0.4, -0.2) is 40.9 Å². The van der Waals surface area contributed by atoms with Gasteiger partial charge in [0.25, 0.3) is 11.8 Å². The van der Waals surface area contributed by atoms with Crippen LogP contribution in [0.1, 0.15) is 32.0 Å². The Balaban J connectivity index is 1.84. The third kappa shape index (κ3) is 3.69. The predicted molar refractivity (Wildman–Crippen MR) is 91.3 cm³/mol. The number of thiazole rings is 1. The van der Waals surface area contributed by atoms with Gasteiger partial charge in [-0.2, -0.15) is 0 Å². The van der Waals surface area contributed by atoms with Gasteiger partial charge in [0.1, 0.15) is 4.88 Å². The number of aryl methyl sites for hydroxylation is 2. The van der Waals surface area contributed by atoms with Crippen molar-refractivity contribution in [1.29, 1.82) is 0 Å². The summed E-state index contributed by atoms with van der Waals surface area (Å²) in [4.78, 5) is 42.0. The monoisotopic (exact) mass is 359 g/mol. The van der Waals surface area contributed by atoms with Crippen molar-refractivity contribution in [3.63, 3.8) is 0 Å². The van der Waals surface area contributed by atoms with Crippen LogP contribution >= 0.6 is 11.3 Å². The van der Waals surface area contributed by atoms with Crippen LogP contribution in [0, 0.1) is 13.8 Å². The lowest BCUT2D eigenvalue weighted by Crippen LogP contribution is -2.40. The third-order valence-corrected chi connectivity index (χ3v) is 4.89. The summed E-state index contributed by atoms with van der Waals surface area (Å²) >= 11 is 1.31. The van der Waals surface area contributed by atoms with E-state index >= 15 is 0 Å². The van der Waals surface area contributed by atoms with E-state index in [4.69, 9.17) is 4.74 Å². The Hall–Kier alpha value is -2.74. The number of carbonyl (C=O) groups excluding carboxylic acids is 3. The molecule has 1 aromatic heterocycles. The van der Waals surface area contributed by atoms with Crippen LogP contribution in [0.25, 0.3) is 0 Å². The van der Waals surface area contributed by atoms with Gasteiger partial charge in [0.05, 0.1) is 23.3 Å². The zero-order valence-electron chi connectivity index (χ0n) is 13.8. The van der Waals surface area contributed by atoms with Crippen LogP contribution in [0.3, 0.4) is 0 Å². The number of carbonyl (C=O) groups is 3. The minimum Gasteiger partial charge on any atom is -0.439 e. The number of ether oxygens (including phenoxy) is 1. The molecular weight excluding hydrogens is 342 g/mol. The second-order valence-electron chi connectivity index (χ2n) is 5.64. The lowest BCUT2D eigenvalue weighted by Gasteiger charge is -2.22. The van der Waals surface area contributed by atoms with Crippen molar-refractivity contribution in [2.24, 2.45) is 0 Å². The van der Waals surface area contributed by atoms with E-state index in [1.54, 1.807) is 6.92 Å². The molecule has 1 atom stereocenters. The number of nitrogens with zero attached hydrogens (tertiary/aromatic N) is 2. The van der Waals surface area contributed by atoms with E-state index in [0.717, 1.165) is 15.5 Å². The number of hydrogen-bond donors (Lipinski definition) is 1. The Labute approximate surface area is 148 Å². The van der Waals surface area contributed by atoms with E-state index < -0.39 is 18.0 Å². The Kier molecular flexibility index (Phi) is 4.80. The van der Waals surface area contributed by atoms with Crippen molar-refractivity contribution in [2.75, 3.05) is 13.2 Å². The summed E-state index contributed by atoms with van der Waals surface area (Å²) in [5.41, 5.74) is 1.45. The molecule has 130 valence electrons. The topological polar surface area (TPSA) is 88.6 Å². The van der Waals surface area contributed by atoms with Crippen molar-refractivity contribution in [1.82, 2.24) is 15.2 Å². The Morgan fingerprint density at radius 2 is 2.04 bits per heavy atom. The molecule has 7 nitrogen and oxygen atoms in total. The summed E-state index contributed by atoms with van der Waals surface area (Å²) in [6.07, 6.45) is -0.690.